The van der Waals surface area contributed by atoms with Crippen LogP contribution < -0.4 is 15.2 Å². The fraction of sp³-hybridized carbons (Fsp3) is 0.385. The molecule has 1 aromatic carbocycles. The smallest absolute Gasteiger partial charge is 0.180 e. The molecular weight excluding hydrogens is 298 g/mol. The van der Waals surface area contributed by atoms with Crippen LogP contribution in [0.3, 0.4) is 0 Å². The standard InChI is InChI=1S/C13H18ClN3O2S/c1-4-18-11-7-9(8-16-17-13(15)20-3)6-10(14)12(11)19-5-2/h6-8H,4-5H2,1-3H3,(H2,15,17)/b16-8-. The van der Waals surface area contributed by atoms with Gasteiger partial charge >= 0.3 is 0 Å². The first-order chi connectivity index (χ1) is 9.62. The van der Waals surface area contributed by atoms with Crippen molar-refractivity contribution in [2.75, 3.05) is 19.5 Å². The van der Waals surface area contributed by atoms with Crippen molar-refractivity contribution in [3.8, 4) is 11.5 Å². The van der Waals surface area contributed by atoms with Crippen LogP contribution in [-0.2, 0) is 0 Å². The molecule has 0 radical (unpaired) electrons. The molecule has 1 aromatic rings. The number of thioether (sulfide) groups is 1. The first kappa shape index (κ1) is 16.7. The molecule has 0 bridgehead atoms. The van der Waals surface area contributed by atoms with E-state index >= 15 is 0 Å². The number of ether oxygens (including phenoxy) is 2. The number of nitrogens with zero attached hydrogens (tertiary/aromatic N) is 2. The Labute approximate surface area is 128 Å². The van der Waals surface area contributed by atoms with Crippen LogP contribution in [0.2, 0.25) is 5.02 Å². The van der Waals surface area contributed by atoms with E-state index in [2.05, 4.69) is 10.2 Å². The molecule has 0 saturated carbocycles. The summed E-state index contributed by atoms with van der Waals surface area (Å²) in [6, 6.07) is 3.54. The van der Waals surface area contributed by atoms with E-state index in [1.54, 1.807) is 18.3 Å². The van der Waals surface area contributed by atoms with Gasteiger partial charge in [0.05, 0.1) is 24.5 Å². The highest BCUT2D eigenvalue weighted by molar-refractivity contribution is 8.13. The van der Waals surface area contributed by atoms with Crippen LogP contribution in [0.5, 0.6) is 11.5 Å². The minimum absolute atomic E-state index is 0.392. The molecule has 0 atom stereocenters. The van der Waals surface area contributed by atoms with Gasteiger partial charge in [-0.25, -0.2) is 0 Å². The van der Waals surface area contributed by atoms with E-state index < -0.39 is 0 Å². The molecule has 2 N–H and O–H groups in total. The lowest BCUT2D eigenvalue weighted by atomic mass is 10.2. The number of halogens is 1. The number of hydrogen-bond donors (Lipinski definition) is 1. The third-order valence-corrected chi connectivity index (χ3v) is 2.97. The number of rotatable bonds is 6. The maximum atomic E-state index is 6.19. The highest BCUT2D eigenvalue weighted by Gasteiger charge is 2.11. The molecule has 110 valence electrons. The van der Waals surface area contributed by atoms with Gasteiger partial charge in [0.2, 0.25) is 0 Å². The Hall–Kier alpha value is -1.40. The van der Waals surface area contributed by atoms with E-state index in [-0.39, 0.29) is 0 Å². The highest BCUT2D eigenvalue weighted by atomic mass is 35.5. The Balaban J connectivity index is 3.04. The van der Waals surface area contributed by atoms with Gasteiger partial charge in [0, 0.05) is 5.56 Å². The minimum atomic E-state index is 0.392. The van der Waals surface area contributed by atoms with Gasteiger partial charge < -0.3 is 15.2 Å². The van der Waals surface area contributed by atoms with Crippen molar-refractivity contribution < 1.29 is 9.47 Å². The van der Waals surface area contributed by atoms with E-state index in [1.165, 1.54) is 11.8 Å². The van der Waals surface area contributed by atoms with Crippen LogP contribution in [0.1, 0.15) is 19.4 Å². The fourth-order valence-electron chi connectivity index (χ4n) is 1.40. The second kappa shape index (κ2) is 8.71. The van der Waals surface area contributed by atoms with Crippen molar-refractivity contribution in [2.24, 2.45) is 15.9 Å². The first-order valence-electron chi connectivity index (χ1n) is 6.12. The van der Waals surface area contributed by atoms with Gasteiger partial charge in [0.1, 0.15) is 0 Å². The minimum Gasteiger partial charge on any atom is -0.490 e. The van der Waals surface area contributed by atoms with Crippen LogP contribution in [0.15, 0.2) is 22.3 Å². The monoisotopic (exact) mass is 315 g/mol. The summed E-state index contributed by atoms with van der Waals surface area (Å²) in [6.45, 7) is 4.82. The molecule has 0 aliphatic carbocycles. The third-order valence-electron chi connectivity index (χ3n) is 2.19. The summed E-state index contributed by atoms with van der Waals surface area (Å²) in [6.07, 6.45) is 3.39. The lowest BCUT2D eigenvalue weighted by Gasteiger charge is -2.13. The summed E-state index contributed by atoms with van der Waals surface area (Å²) >= 11 is 7.51. The summed E-state index contributed by atoms with van der Waals surface area (Å²) < 4.78 is 11.0. The maximum Gasteiger partial charge on any atom is 0.180 e. The molecule has 0 aliphatic heterocycles. The molecule has 0 aromatic heterocycles. The lowest BCUT2D eigenvalue weighted by molar-refractivity contribution is 0.288. The number of hydrogen-bond acceptors (Lipinski definition) is 5. The molecule has 0 aliphatic rings. The predicted octanol–water partition coefficient (Wildman–Crippen LogP) is 3.15. The normalized spacial score (nSPS) is 11.9. The van der Waals surface area contributed by atoms with E-state index in [9.17, 15) is 0 Å². The zero-order valence-corrected chi connectivity index (χ0v) is 13.3. The second-order valence-electron chi connectivity index (χ2n) is 3.58. The molecule has 0 spiro atoms. The summed E-state index contributed by atoms with van der Waals surface area (Å²) in [4.78, 5) is 0. The Kier molecular flexibility index (Phi) is 7.25. The van der Waals surface area contributed by atoms with Crippen molar-refractivity contribution in [3.63, 3.8) is 0 Å². The van der Waals surface area contributed by atoms with E-state index in [0.717, 1.165) is 5.56 Å². The summed E-state index contributed by atoms with van der Waals surface area (Å²) in [5, 5.41) is 8.57. The average Bonchev–Trinajstić information content (AvgIpc) is 2.42. The van der Waals surface area contributed by atoms with E-state index in [1.807, 2.05) is 20.1 Å². The van der Waals surface area contributed by atoms with Gasteiger partial charge in [-0.05, 0) is 32.2 Å². The zero-order chi connectivity index (χ0) is 15.0. The van der Waals surface area contributed by atoms with Crippen molar-refractivity contribution >= 4 is 34.7 Å². The third kappa shape index (κ3) is 4.94. The Morgan fingerprint density at radius 3 is 2.65 bits per heavy atom. The van der Waals surface area contributed by atoms with Gasteiger partial charge in [-0.3, -0.25) is 0 Å². The Morgan fingerprint density at radius 1 is 1.35 bits per heavy atom. The predicted molar refractivity (Wildman–Crippen MR) is 86.5 cm³/mol. The van der Waals surface area contributed by atoms with Gasteiger partial charge in [0.15, 0.2) is 16.7 Å². The molecule has 0 heterocycles. The second-order valence-corrected chi connectivity index (χ2v) is 4.82. The van der Waals surface area contributed by atoms with E-state index in [0.29, 0.717) is 34.9 Å². The van der Waals surface area contributed by atoms with Crippen LogP contribution in [0.4, 0.5) is 0 Å². The summed E-state index contributed by atoms with van der Waals surface area (Å²) in [5.74, 6) is 1.13. The van der Waals surface area contributed by atoms with Crippen molar-refractivity contribution in [1.29, 1.82) is 0 Å². The summed E-state index contributed by atoms with van der Waals surface area (Å²) in [5.41, 5.74) is 6.30. The van der Waals surface area contributed by atoms with Crippen molar-refractivity contribution in [3.05, 3.63) is 22.7 Å². The average molecular weight is 316 g/mol. The van der Waals surface area contributed by atoms with Gasteiger partial charge in [-0.15, -0.1) is 5.10 Å². The quantitative estimate of drug-likeness (QED) is 0.497. The Bertz CT molecular complexity index is 507. The molecule has 1 rings (SSSR count). The lowest BCUT2D eigenvalue weighted by Crippen LogP contribution is -2.04. The zero-order valence-electron chi connectivity index (χ0n) is 11.7. The molecule has 0 amide bonds. The maximum absolute atomic E-state index is 6.19. The Morgan fingerprint density at radius 2 is 2.05 bits per heavy atom. The van der Waals surface area contributed by atoms with Gasteiger partial charge in [-0.1, -0.05) is 23.4 Å². The molecule has 0 fully saturated rings. The van der Waals surface area contributed by atoms with Crippen LogP contribution in [-0.4, -0.2) is 30.9 Å². The molecule has 20 heavy (non-hydrogen) atoms. The summed E-state index contributed by atoms with van der Waals surface area (Å²) in [7, 11) is 0. The molecule has 0 saturated heterocycles. The van der Waals surface area contributed by atoms with Crippen molar-refractivity contribution in [1.82, 2.24) is 0 Å². The van der Waals surface area contributed by atoms with Crippen LogP contribution >= 0.6 is 23.4 Å². The van der Waals surface area contributed by atoms with Gasteiger partial charge in [-0.2, -0.15) is 5.10 Å². The topological polar surface area (TPSA) is 69.2 Å². The first-order valence-corrected chi connectivity index (χ1v) is 7.72. The molecular formula is C13H18ClN3O2S. The molecule has 7 heteroatoms. The van der Waals surface area contributed by atoms with Gasteiger partial charge in [0.25, 0.3) is 0 Å². The highest BCUT2D eigenvalue weighted by Crippen LogP contribution is 2.36. The number of benzene rings is 1. The number of nitrogens with two attached hydrogens (primary N) is 1. The van der Waals surface area contributed by atoms with Crippen LogP contribution in [0.25, 0.3) is 0 Å². The van der Waals surface area contributed by atoms with E-state index in [4.69, 9.17) is 26.8 Å². The van der Waals surface area contributed by atoms with Crippen molar-refractivity contribution in [2.45, 2.75) is 13.8 Å². The largest absolute Gasteiger partial charge is 0.490 e. The van der Waals surface area contributed by atoms with Crippen LogP contribution in [0, 0.1) is 0 Å². The number of amidine groups is 1. The SMILES string of the molecule is CCOc1cc(/C=N\N=C(/N)SC)cc(Cl)c1OCC. The fourth-order valence-corrected chi connectivity index (χ4v) is 1.81. The molecule has 0 unspecified atom stereocenters. The molecule has 5 nitrogen and oxygen atoms in total.